The summed E-state index contributed by atoms with van der Waals surface area (Å²) in [5.41, 5.74) is 1.86. The lowest BCUT2D eigenvalue weighted by atomic mass is 9.47. The molecule has 144 valence electrons. The second kappa shape index (κ2) is 6.50. The average molecular weight is 379 g/mol. The first-order valence-electron chi connectivity index (χ1n) is 10.3. The van der Waals surface area contributed by atoms with Crippen molar-refractivity contribution in [2.24, 2.45) is 34.5 Å². The Morgan fingerprint density at radius 2 is 1.96 bits per heavy atom. The Morgan fingerprint density at radius 3 is 2.65 bits per heavy atom. The highest BCUT2D eigenvalue weighted by atomic mass is 31.1. The van der Waals surface area contributed by atoms with Gasteiger partial charge < -0.3 is 0 Å². The smallest absolute Gasteiger partial charge is 0.300 e. The van der Waals surface area contributed by atoms with Gasteiger partial charge in [0.05, 0.1) is 0 Å². The lowest BCUT2D eigenvalue weighted by Gasteiger charge is -2.57. The van der Waals surface area contributed by atoms with E-state index in [9.17, 15) is 9.36 Å². The average Bonchev–Trinajstić information content (AvgIpc) is 2.92. The number of ketones is 1. The molecule has 4 aliphatic rings. The molecule has 0 amide bonds. The van der Waals surface area contributed by atoms with Crippen LogP contribution in [0.25, 0.3) is 0 Å². The fourth-order valence-electron chi connectivity index (χ4n) is 7.51. The molecule has 0 spiro atoms. The molecule has 1 N–H and O–H groups in total. The van der Waals surface area contributed by atoms with Gasteiger partial charge in [-0.1, -0.05) is 25.5 Å². The molecule has 0 aromatic heterocycles. The van der Waals surface area contributed by atoms with E-state index < -0.39 is 8.25 Å². The van der Waals surface area contributed by atoms with Crippen molar-refractivity contribution in [3.63, 3.8) is 0 Å². The van der Waals surface area contributed by atoms with E-state index in [1.165, 1.54) is 24.8 Å². The lowest BCUT2D eigenvalue weighted by Crippen LogP contribution is -2.51. The maximum absolute atomic E-state index is 12.2. The molecule has 26 heavy (non-hydrogen) atoms. The first-order valence-corrected chi connectivity index (χ1v) is 11.4. The van der Waals surface area contributed by atoms with Gasteiger partial charge in [0.25, 0.3) is 0 Å². The molecule has 4 rings (SSSR count). The summed E-state index contributed by atoms with van der Waals surface area (Å²) in [5, 5.41) is 0. The summed E-state index contributed by atoms with van der Waals surface area (Å²) in [7, 11) is -2.51. The van der Waals surface area contributed by atoms with E-state index in [2.05, 4.69) is 19.9 Å². The number of hydrogen-bond donors (Lipinski definition) is 1. The van der Waals surface area contributed by atoms with Crippen molar-refractivity contribution in [2.75, 3.05) is 0 Å². The minimum absolute atomic E-state index is 0.109. The quantitative estimate of drug-likeness (QED) is 0.541. The molecule has 0 heterocycles. The monoisotopic (exact) mass is 379 g/mol. The SMILES string of the molecule is CC(=O)C1CCC2C3CC=C4CC(O[P+](=O)O)CCC4(C)C3CCC12C. The molecule has 0 radical (unpaired) electrons. The van der Waals surface area contributed by atoms with E-state index in [4.69, 9.17) is 9.42 Å². The molecule has 0 bridgehead atoms. The van der Waals surface area contributed by atoms with Crippen LogP contribution in [0.4, 0.5) is 0 Å². The van der Waals surface area contributed by atoms with Crippen molar-refractivity contribution in [3.8, 4) is 0 Å². The summed E-state index contributed by atoms with van der Waals surface area (Å²) in [6.45, 7) is 6.60. The zero-order valence-corrected chi connectivity index (χ0v) is 17.1. The van der Waals surface area contributed by atoms with Gasteiger partial charge in [-0.25, -0.2) is 0 Å². The van der Waals surface area contributed by atoms with Crippen LogP contribution in [0.2, 0.25) is 0 Å². The summed E-state index contributed by atoms with van der Waals surface area (Å²) < 4.78 is 16.3. The van der Waals surface area contributed by atoms with Crippen molar-refractivity contribution < 1.29 is 18.8 Å². The Labute approximate surface area is 157 Å². The predicted molar refractivity (Wildman–Crippen MR) is 101 cm³/mol. The summed E-state index contributed by atoms with van der Waals surface area (Å²) >= 11 is 0. The molecule has 8 atom stereocenters. The van der Waals surface area contributed by atoms with Crippen LogP contribution in [0.5, 0.6) is 0 Å². The van der Waals surface area contributed by atoms with Gasteiger partial charge in [0.2, 0.25) is 0 Å². The predicted octanol–water partition coefficient (Wildman–Crippen LogP) is 5.19. The van der Waals surface area contributed by atoms with Gasteiger partial charge in [0, 0.05) is 16.9 Å². The van der Waals surface area contributed by atoms with Crippen LogP contribution in [0.3, 0.4) is 0 Å². The number of allylic oxidation sites excluding steroid dienone is 1. The van der Waals surface area contributed by atoms with Gasteiger partial charge in [-0.3, -0.25) is 4.79 Å². The van der Waals surface area contributed by atoms with Crippen LogP contribution in [0.1, 0.15) is 72.1 Å². The molecule has 0 aliphatic heterocycles. The van der Waals surface area contributed by atoms with Crippen molar-refractivity contribution in [3.05, 3.63) is 11.6 Å². The Balaban J connectivity index is 1.59. The molecule has 0 aromatic rings. The Bertz CT molecular complexity index is 658. The van der Waals surface area contributed by atoms with Gasteiger partial charge in [0.15, 0.2) is 0 Å². The van der Waals surface area contributed by atoms with Gasteiger partial charge >= 0.3 is 8.25 Å². The second-order valence-electron chi connectivity index (χ2n) is 9.75. The fraction of sp³-hybridized carbons (Fsp3) is 0.857. The maximum atomic E-state index is 12.2. The van der Waals surface area contributed by atoms with E-state index in [0.29, 0.717) is 23.5 Å². The number of hydrogen-bond acceptors (Lipinski definition) is 3. The highest BCUT2D eigenvalue weighted by molar-refractivity contribution is 7.32. The van der Waals surface area contributed by atoms with E-state index >= 15 is 0 Å². The van der Waals surface area contributed by atoms with Gasteiger partial charge in [-0.2, -0.15) is 0 Å². The lowest BCUT2D eigenvalue weighted by molar-refractivity contribution is -0.127. The number of carbonyl (C=O) groups is 1. The van der Waals surface area contributed by atoms with Crippen molar-refractivity contribution in [1.29, 1.82) is 0 Å². The van der Waals surface area contributed by atoms with Crippen LogP contribution in [-0.2, 0) is 13.9 Å². The maximum Gasteiger partial charge on any atom is 0.695 e. The number of rotatable bonds is 3. The molecule has 5 heteroatoms. The van der Waals surface area contributed by atoms with Crippen LogP contribution in [0, 0.1) is 34.5 Å². The topological polar surface area (TPSA) is 63.6 Å². The summed E-state index contributed by atoms with van der Waals surface area (Å²) in [5.74, 6) is 2.71. The molecule has 0 saturated heterocycles. The Hall–Kier alpha value is -0.570. The van der Waals surface area contributed by atoms with E-state index in [1.54, 1.807) is 6.92 Å². The molecule has 4 nitrogen and oxygen atoms in total. The van der Waals surface area contributed by atoms with E-state index in [0.717, 1.165) is 32.1 Å². The molecule has 3 saturated carbocycles. The van der Waals surface area contributed by atoms with Crippen molar-refractivity contribution >= 4 is 14.0 Å². The van der Waals surface area contributed by atoms with Crippen molar-refractivity contribution in [2.45, 2.75) is 78.2 Å². The van der Waals surface area contributed by atoms with E-state index in [-0.39, 0.29) is 22.9 Å². The van der Waals surface area contributed by atoms with Crippen molar-refractivity contribution in [1.82, 2.24) is 0 Å². The zero-order valence-electron chi connectivity index (χ0n) is 16.2. The second-order valence-corrected chi connectivity index (χ2v) is 10.4. The third-order valence-corrected chi connectivity index (χ3v) is 9.27. The van der Waals surface area contributed by atoms with Crippen LogP contribution < -0.4 is 0 Å². The third-order valence-electron chi connectivity index (χ3n) is 8.79. The summed E-state index contributed by atoms with van der Waals surface area (Å²) in [6.07, 6.45) is 10.8. The van der Waals surface area contributed by atoms with Gasteiger partial charge in [-0.05, 0) is 80.5 Å². The first-order chi connectivity index (χ1) is 12.3. The summed E-state index contributed by atoms with van der Waals surface area (Å²) in [4.78, 5) is 21.3. The number of carbonyl (C=O) groups excluding carboxylic acids is 1. The number of fused-ring (bicyclic) bond motifs is 5. The highest BCUT2D eigenvalue weighted by Gasteiger charge is 2.59. The number of Topliss-reactive ketones (excluding diaryl/α,β-unsaturated/α-hetero) is 1. The molecular weight excluding hydrogens is 347 g/mol. The molecule has 3 fully saturated rings. The minimum Gasteiger partial charge on any atom is -0.300 e. The van der Waals surface area contributed by atoms with E-state index in [1.807, 2.05) is 0 Å². The van der Waals surface area contributed by atoms with Crippen LogP contribution in [0.15, 0.2) is 11.6 Å². The van der Waals surface area contributed by atoms with Crippen LogP contribution >= 0.6 is 8.25 Å². The normalized spacial score (nSPS) is 48.1. The van der Waals surface area contributed by atoms with Gasteiger partial charge in [-0.15, -0.1) is 9.42 Å². The highest BCUT2D eigenvalue weighted by Crippen LogP contribution is 2.66. The molecule has 4 aliphatic carbocycles. The summed E-state index contributed by atoms with van der Waals surface area (Å²) in [6, 6.07) is 0. The molecular formula is C21H32O4P+. The third kappa shape index (κ3) is 2.75. The molecule has 0 aromatic carbocycles. The first kappa shape index (κ1) is 18.8. The Kier molecular flexibility index (Phi) is 4.69. The molecule has 8 unspecified atom stereocenters. The largest absolute Gasteiger partial charge is 0.695 e. The fourth-order valence-corrected chi connectivity index (χ4v) is 7.95. The van der Waals surface area contributed by atoms with Gasteiger partial charge in [0.1, 0.15) is 11.9 Å². The van der Waals surface area contributed by atoms with Crippen LogP contribution in [-0.4, -0.2) is 16.8 Å². The standard InChI is InChI=1S/C21H31O4P/c1-13(22)17-6-7-18-16-5-4-14-12-15(25-26(23)24)8-10-20(14,2)19(16)9-11-21(17,18)3/h4,15-19H,5-12H2,1-3H3/p+1. The minimum atomic E-state index is -2.51. The Morgan fingerprint density at radius 1 is 1.19 bits per heavy atom. The zero-order chi connectivity index (χ0) is 18.7.